The molecule has 1 saturated heterocycles. The van der Waals surface area contributed by atoms with Crippen molar-refractivity contribution in [2.45, 2.75) is 37.6 Å². The Labute approximate surface area is 93.7 Å². The van der Waals surface area contributed by atoms with Gasteiger partial charge in [-0.3, -0.25) is 4.79 Å². The summed E-state index contributed by atoms with van der Waals surface area (Å²) in [4.78, 5) is 12.0. The maximum Gasteiger partial charge on any atom is 0.225 e. The smallest absolute Gasteiger partial charge is 0.225 e. The van der Waals surface area contributed by atoms with Crippen LogP contribution < -0.4 is 5.32 Å². The Morgan fingerprint density at radius 2 is 2.43 bits per heavy atom. The molecular weight excluding hydrogens is 246 g/mol. The van der Waals surface area contributed by atoms with Crippen LogP contribution in [0.2, 0.25) is 0 Å². The van der Waals surface area contributed by atoms with E-state index in [1.807, 2.05) is 6.92 Å². The van der Waals surface area contributed by atoms with Crippen LogP contribution in [0, 0.1) is 5.92 Å². The number of nitrogens with one attached hydrogen (secondary N) is 1. The zero-order valence-corrected chi connectivity index (χ0v) is 10.3. The van der Waals surface area contributed by atoms with Crippen LogP contribution in [0.15, 0.2) is 0 Å². The Bertz CT molecular complexity index is 199. The van der Waals surface area contributed by atoms with E-state index in [4.69, 9.17) is 4.74 Å². The van der Waals surface area contributed by atoms with E-state index in [9.17, 15) is 4.79 Å². The highest BCUT2D eigenvalue weighted by Gasteiger charge is 2.30. The van der Waals surface area contributed by atoms with Gasteiger partial charge < -0.3 is 10.1 Å². The maximum atomic E-state index is 11.7. The molecule has 14 heavy (non-hydrogen) atoms. The molecule has 0 bridgehead atoms. The molecule has 3 unspecified atom stereocenters. The van der Waals surface area contributed by atoms with Crippen LogP contribution >= 0.6 is 15.9 Å². The number of halogens is 1. The summed E-state index contributed by atoms with van der Waals surface area (Å²) in [6, 6.07) is 0. The Morgan fingerprint density at radius 1 is 1.71 bits per heavy atom. The van der Waals surface area contributed by atoms with Gasteiger partial charge in [0, 0.05) is 18.0 Å². The molecule has 1 aliphatic heterocycles. The summed E-state index contributed by atoms with van der Waals surface area (Å²) in [5.41, 5.74) is 0. The van der Waals surface area contributed by atoms with Crippen molar-refractivity contribution in [1.82, 2.24) is 5.32 Å². The summed E-state index contributed by atoms with van der Waals surface area (Å²) in [6.07, 6.45) is 1.95. The van der Waals surface area contributed by atoms with Gasteiger partial charge in [0.1, 0.15) is 0 Å². The third kappa shape index (κ3) is 3.24. The summed E-state index contributed by atoms with van der Waals surface area (Å²) < 4.78 is 5.35. The number of rotatable bonds is 4. The number of hydrogen-bond acceptors (Lipinski definition) is 2. The van der Waals surface area contributed by atoms with Crippen molar-refractivity contribution in [3.05, 3.63) is 0 Å². The molecule has 0 aliphatic carbocycles. The van der Waals surface area contributed by atoms with Gasteiger partial charge in [-0.25, -0.2) is 0 Å². The second-order valence-corrected chi connectivity index (χ2v) is 5.02. The summed E-state index contributed by atoms with van der Waals surface area (Å²) in [5.74, 6) is 0.180. The fourth-order valence-electron chi connectivity index (χ4n) is 1.56. The molecule has 0 aromatic rings. The van der Waals surface area contributed by atoms with E-state index >= 15 is 0 Å². The highest BCUT2D eigenvalue weighted by Crippen LogP contribution is 2.20. The number of amides is 1. The van der Waals surface area contributed by atoms with Gasteiger partial charge in [-0.2, -0.15) is 0 Å². The van der Waals surface area contributed by atoms with Crippen LogP contribution in [0.25, 0.3) is 0 Å². The first-order chi connectivity index (χ1) is 6.65. The van der Waals surface area contributed by atoms with E-state index in [1.54, 1.807) is 0 Å². The van der Waals surface area contributed by atoms with Crippen LogP contribution in [0.1, 0.15) is 26.7 Å². The summed E-state index contributed by atoms with van der Waals surface area (Å²) in [5, 5.41) is 2.94. The van der Waals surface area contributed by atoms with Crippen LogP contribution in [0.3, 0.4) is 0 Å². The summed E-state index contributed by atoms with van der Waals surface area (Å²) >= 11 is 3.48. The molecule has 0 spiro atoms. The fourth-order valence-corrected chi connectivity index (χ4v) is 1.72. The topological polar surface area (TPSA) is 38.3 Å². The Balaban J connectivity index is 2.27. The molecule has 0 radical (unpaired) electrons. The summed E-state index contributed by atoms with van der Waals surface area (Å²) in [6.45, 7) is 5.47. The zero-order valence-electron chi connectivity index (χ0n) is 8.75. The predicted octanol–water partition coefficient (Wildman–Crippen LogP) is 1.70. The lowest BCUT2D eigenvalue weighted by molar-refractivity contribution is -0.126. The number of carbonyl (C=O) groups is 1. The number of ether oxygens (including phenoxy) is 1. The van der Waals surface area contributed by atoms with E-state index in [0.717, 1.165) is 12.8 Å². The van der Waals surface area contributed by atoms with Gasteiger partial charge in [-0.15, -0.1) is 0 Å². The van der Waals surface area contributed by atoms with Crippen molar-refractivity contribution in [3.63, 3.8) is 0 Å². The lowest BCUT2D eigenvalue weighted by Gasteiger charge is -2.15. The first-order valence-corrected chi connectivity index (χ1v) is 6.10. The quantitative estimate of drug-likeness (QED) is 0.785. The van der Waals surface area contributed by atoms with E-state index in [2.05, 4.69) is 28.2 Å². The van der Waals surface area contributed by atoms with Crippen molar-refractivity contribution in [2.75, 3.05) is 13.2 Å². The molecule has 3 nitrogen and oxygen atoms in total. The maximum absolute atomic E-state index is 11.7. The third-order valence-electron chi connectivity index (χ3n) is 2.65. The molecule has 0 aromatic heterocycles. The lowest BCUT2D eigenvalue weighted by Crippen LogP contribution is -2.37. The predicted molar refractivity (Wildman–Crippen MR) is 59.5 cm³/mol. The van der Waals surface area contributed by atoms with Gasteiger partial charge in [0.25, 0.3) is 0 Å². The molecule has 1 fully saturated rings. The largest absolute Gasteiger partial charge is 0.378 e. The average molecular weight is 264 g/mol. The number of carbonyl (C=O) groups excluding carboxylic acids is 1. The van der Waals surface area contributed by atoms with Crippen molar-refractivity contribution in [3.8, 4) is 0 Å². The van der Waals surface area contributed by atoms with Crippen molar-refractivity contribution in [1.29, 1.82) is 0 Å². The minimum atomic E-state index is 0.0477. The van der Waals surface area contributed by atoms with Gasteiger partial charge in [-0.05, 0) is 19.8 Å². The minimum absolute atomic E-state index is 0.0477. The molecule has 3 atom stereocenters. The summed E-state index contributed by atoms with van der Waals surface area (Å²) in [7, 11) is 0. The molecule has 4 heteroatoms. The monoisotopic (exact) mass is 263 g/mol. The highest BCUT2D eigenvalue weighted by molar-refractivity contribution is 9.09. The van der Waals surface area contributed by atoms with Gasteiger partial charge in [0.2, 0.25) is 5.91 Å². The Morgan fingerprint density at radius 3 is 2.93 bits per heavy atom. The molecule has 1 N–H and O–H groups in total. The number of hydrogen-bond donors (Lipinski definition) is 1. The van der Waals surface area contributed by atoms with Crippen molar-refractivity contribution < 1.29 is 9.53 Å². The molecule has 1 rings (SSSR count). The number of alkyl halides is 1. The SMILES string of the molecule is CCC(Br)CNC(=O)C1CCOC1C. The van der Waals surface area contributed by atoms with E-state index in [1.165, 1.54) is 0 Å². The third-order valence-corrected chi connectivity index (χ3v) is 3.62. The highest BCUT2D eigenvalue weighted by atomic mass is 79.9. The van der Waals surface area contributed by atoms with E-state index in [-0.39, 0.29) is 17.9 Å². The van der Waals surface area contributed by atoms with E-state index in [0.29, 0.717) is 18.0 Å². The van der Waals surface area contributed by atoms with Crippen LogP contribution in [-0.4, -0.2) is 30.0 Å². The fraction of sp³-hybridized carbons (Fsp3) is 0.900. The Hall–Kier alpha value is -0.0900. The average Bonchev–Trinajstić information content (AvgIpc) is 2.60. The second kappa shape index (κ2) is 5.71. The normalized spacial score (nSPS) is 28.8. The standard InChI is InChI=1S/C10H18BrNO2/c1-3-8(11)6-12-10(13)9-4-5-14-7(9)2/h7-9H,3-6H2,1-2H3,(H,12,13). The Kier molecular flexibility index (Phi) is 4.89. The first-order valence-electron chi connectivity index (χ1n) is 5.18. The molecule has 1 aliphatic rings. The van der Waals surface area contributed by atoms with Crippen LogP contribution in [0.4, 0.5) is 0 Å². The molecule has 82 valence electrons. The van der Waals surface area contributed by atoms with Crippen molar-refractivity contribution >= 4 is 21.8 Å². The molecule has 0 saturated carbocycles. The molecule has 1 heterocycles. The molecule has 0 aromatic carbocycles. The van der Waals surface area contributed by atoms with Crippen LogP contribution in [0.5, 0.6) is 0 Å². The van der Waals surface area contributed by atoms with Gasteiger partial charge >= 0.3 is 0 Å². The minimum Gasteiger partial charge on any atom is -0.378 e. The van der Waals surface area contributed by atoms with Crippen LogP contribution in [-0.2, 0) is 9.53 Å². The lowest BCUT2D eigenvalue weighted by atomic mass is 10.0. The molecule has 1 amide bonds. The van der Waals surface area contributed by atoms with Gasteiger partial charge in [-0.1, -0.05) is 22.9 Å². The van der Waals surface area contributed by atoms with Crippen molar-refractivity contribution in [2.24, 2.45) is 5.92 Å². The first kappa shape index (κ1) is 12.0. The molecular formula is C10H18BrNO2. The van der Waals surface area contributed by atoms with Gasteiger partial charge in [0.05, 0.1) is 12.0 Å². The zero-order chi connectivity index (χ0) is 10.6. The van der Waals surface area contributed by atoms with E-state index < -0.39 is 0 Å². The van der Waals surface area contributed by atoms with Gasteiger partial charge in [0.15, 0.2) is 0 Å². The second-order valence-electron chi connectivity index (χ2n) is 3.72.